The van der Waals surface area contributed by atoms with Gasteiger partial charge in [0.25, 0.3) is 0 Å². The van der Waals surface area contributed by atoms with E-state index in [9.17, 15) is 0 Å². The van der Waals surface area contributed by atoms with Gasteiger partial charge in [0, 0.05) is 30.2 Å². The Kier molecular flexibility index (Phi) is 7.80. The van der Waals surface area contributed by atoms with Crippen molar-refractivity contribution in [2.45, 2.75) is 24.1 Å². The highest BCUT2D eigenvalue weighted by molar-refractivity contribution is 6.66. The van der Waals surface area contributed by atoms with Gasteiger partial charge in [0.15, 0.2) is 0 Å². The standard InChI is InChI=1S/C19H23Cl3N6/c1-3-9-25-17-13(2)14(6-5-10-26-27-18(23)24)12-28(17)16-8-4-7-15(11-16)19(20,21)22/h4-8,10-12,25H,3,9H2,1-2H3,(H4,23,24,27)/b6-5+,26-10+. The van der Waals surface area contributed by atoms with E-state index >= 15 is 0 Å². The molecule has 2 aromatic rings. The second-order valence-electron chi connectivity index (χ2n) is 6.05. The van der Waals surface area contributed by atoms with Gasteiger partial charge in [0.05, 0.1) is 0 Å². The lowest BCUT2D eigenvalue weighted by Crippen LogP contribution is -2.21. The molecule has 1 aromatic heterocycles. The summed E-state index contributed by atoms with van der Waals surface area (Å²) in [5, 5.41) is 10.8. The molecule has 0 aliphatic rings. The zero-order valence-electron chi connectivity index (χ0n) is 15.7. The fourth-order valence-corrected chi connectivity index (χ4v) is 2.92. The van der Waals surface area contributed by atoms with Crippen LogP contribution in [-0.2, 0) is 3.79 Å². The van der Waals surface area contributed by atoms with E-state index in [1.165, 1.54) is 6.21 Å². The molecule has 1 aromatic carbocycles. The number of halogens is 3. The van der Waals surface area contributed by atoms with Crippen LogP contribution in [0.3, 0.4) is 0 Å². The number of nitrogens with zero attached hydrogens (tertiary/aromatic N) is 3. The monoisotopic (exact) mass is 440 g/mol. The first-order chi connectivity index (χ1) is 13.2. The van der Waals surface area contributed by atoms with E-state index in [-0.39, 0.29) is 5.96 Å². The van der Waals surface area contributed by atoms with Crippen LogP contribution >= 0.6 is 34.8 Å². The molecule has 0 fully saturated rings. The Hall–Kier alpha value is -2.15. The molecule has 0 atom stereocenters. The number of aromatic nitrogens is 1. The summed E-state index contributed by atoms with van der Waals surface area (Å²) in [5.41, 5.74) is 14.1. The molecule has 0 amide bonds. The second kappa shape index (κ2) is 9.87. The van der Waals surface area contributed by atoms with Crippen molar-refractivity contribution in [3.63, 3.8) is 0 Å². The number of anilines is 1. The molecule has 0 unspecified atom stereocenters. The molecule has 0 bridgehead atoms. The summed E-state index contributed by atoms with van der Waals surface area (Å²) in [4.78, 5) is 0. The number of allylic oxidation sites excluding steroid dienone is 1. The molecule has 6 nitrogen and oxygen atoms in total. The van der Waals surface area contributed by atoms with Gasteiger partial charge in [0.1, 0.15) is 5.82 Å². The summed E-state index contributed by atoms with van der Waals surface area (Å²) < 4.78 is 0.553. The average Bonchev–Trinajstić information content (AvgIpc) is 2.95. The first-order valence-corrected chi connectivity index (χ1v) is 9.79. The van der Waals surface area contributed by atoms with E-state index in [4.69, 9.17) is 46.3 Å². The largest absolute Gasteiger partial charge is 0.371 e. The Morgan fingerprint density at radius 3 is 2.68 bits per heavy atom. The van der Waals surface area contributed by atoms with Gasteiger partial charge < -0.3 is 21.4 Å². The van der Waals surface area contributed by atoms with E-state index in [0.717, 1.165) is 35.6 Å². The van der Waals surface area contributed by atoms with Crippen molar-refractivity contribution in [3.8, 4) is 5.69 Å². The van der Waals surface area contributed by atoms with Crippen LogP contribution in [0.15, 0.2) is 46.7 Å². The molecule has 0 aliphatic carbocycles. The average molecular weight is 442 g/mol. The fraction of sp³-hybridized carbons (Fsp3) is 0.263. The number of hydrogen-bond donors (Lipinski definition) is 3. The van der Waals surface area contributed by atoms with Gasteiger partial charge in [-0.2, -0.15) is 5.10 Å². The Bertz CT molecular complexity index is 890. The molecular weight excluding hydrogens is 419 g/mol. The zero-order chi connectivity index (χ0) is 20.7. The smallest absolute Gasteiger partial charge is 0.216 e. The van der Waals surface area contributed by atoms with Gasteiger partial charge in [-0.3, -0.25) is 0 Å². The van der Waals surface area contributed by atoms with Crippen molar-refractivity contribution in [1.82, 2.24) is 4.57 Å². The highest BCUT2D eigenvalue weighted by atomic mass is 35.6. The fourth-order valence-electron chi connectivity index (χ4n) is 2.57. The molecule has 0 saturated carbocycles. The van der Waals surface area contributed by atoms with Gasteiger partial charge >= 0.3 is 0 Å². The van der Waals surface area contributed by atoms with Gasteiger partial charge in [-0.25, -0.2) is 0 Å². The first kappa shape index (κ1) is 22.1. The summed E-state index contributed by atoms with van der Waals surface area (Å²) in [6.07, 6.45) is 8.21. The van der Waals surface area contributed by atoms with Gasteiger partial charge in [0.2, 0.25) is 9.75 Å². The second-order valence-corrected chi connectivity index (χ2v) is 8.33. The summed E-state index contributed by atoms with van der Waals surface area (Å²) in [7, 11) is 0. The normalized spacial score (nSPS) is 12.0. The quantitative estimate of drug-likeness (QED) is 0.251. The van der Waals surface area contributed by atoms with E-state index < -0.39 is 3.79 Å². The van der Waals surface area contributed by atoms with E-state index in [2.05, 4.69) is 22.4 Å². The number of nitrogens with one attached hydrogen (secondary N) is 1. The predicted molar refractivity (Wildman–Crippen MR) is 122 cm³/mol. The predicted octanol–water partition coefficient (Wildman–Crippen LogP) is 4.71. The minimum atomic E-state index is -1.49. The summed E-state index contributed by atoms with van der Waals surface area (Å²) in [6.45, 7) is 4.99. The van der Waals surface area contributed by atoms with E-state index in [0.29, 0.717) is 5.56 Å². The SMILES string of the molecule is CCCNc1c(C)c(/C=C/C=N/N=C(N)N)cn1-c1cccc(C(Cl)(Cl)Cl)c1. The topological polar surface area (TPSA) is 93.7 Å². The lowest BCUT2D eigenvalue weighted by atomic mass is 10.2. The maximum atomic E-state index is 6.05. The summed E-state index contributed by atoms with van der Waals surface area (Å²) >= 11 is 18.2. The number of hydrogen-bond acceptors (Lipinski definition) is 3. The van der Waals surface area contributed by atoms with Gasteiger partial charge in [-0.15, -0.1) is 5.10 Å². The molecule has 5 N–H and O–H groups in total. The Labute approximate surface area is 179 Å². The van der Waals surface area contributed by atoms with Crippen LogP contribution in [-0.4, -0.2) is 23.3 Å². The lowest BCUT2D eigenvalue weighted by molar-refractivity contribution is 0.946. The third kappa shape index (κ3) is 5.92. The van der Waals surface area contributed by atoms with Crippen LogP contribution in [0.1, 0.15) is 30.0 Å². The van der Waals surface area contributed by atoms with Crippen LogP contribution in [0, 0.1) is 6.92 Å². The number of rotatable bonds is 7. The third-order valence-corrected chi connectivity index (χ3v) is 4.55. The lowest BCUT2D eigenvalue weighted by Gasteiger charge is -2.16. The van der Waals surface area contributed by atoms with Crippen LogP contribution in [0.4, 0.5) is 5.82 Å². The van der Waals surface area contributed by atoms with Crippen molar-refractivity contribution in [2.24, 2.45) is 21.7 Å². The highest BCUT2D eigenvalue weighted by Crippen LogP contribution is 2.39. The van der Waals surface area contributed by atoms with Crippen molar-refractivity contribution in [1.29, 1.82) is 0 Å². The molecule has 0 spiro atoms. The first-order valence-electron chi connectivity index (χ1n) is 8.66. The summed E-state index contributed by atoms with van der Waals surface area (Å²) in [6, 6.07) is 7.47. The maximum absolute atomic E-state index is 6.05. The van der Waals surface area contributed by atoms with E-state index in [1.807, 2.05) is 42.0 Å². The van der Waals surface area contributed by atoms with Gasteiger partial charge in [-0.1, -0.05) is 59.9 Å². The molecule has 9 heteroatoms. The van der Waals surface area contributed by atoms with Crippen LogP contribution in [0.2, 0.25) is 0 Å². The molecule has 1 heterocycles. The minimum absolute atomic E-state index is 0.0909. The minimum Gasteiger partial charge on any atom is -0.371 e. The molecule has 0 radical (unpaired) electrons. The third-order valence-electron chi connectivity index (χ3n) is 3.89. The highest BCUT2D eigenvalue weighted by Gasteiger charge is 2.23. The van der Waals surface area contributed by atoms with Crippen molar-refractivity contribution >= 4 is 58.9 Å². The molecule has 0 aliphatic heterocycles. The van der Waals surface area contributed by atoms with Crippen molar-refractivity contribution < 1.29 is 0 Å². The van der Waals surface area contributed by atoms with Crippen LogP contribution in [0.5, 0.6) is 0 Å². The van der Waals surface area contributed by atoms with Crippen molar-refractivity contribution in [2.75, 3.05) is 11.9 Å². The van der Waals surface area contributed by atoms with E-state index in [1.54, 1.807) is 12.1 Å². The van der Waals surface area contributed by atoms with Crippen LogP contribution < -0.4 is 16.8 Å². The van der Waals surface area contributed by atoms with Crippen LogP contribution in [0.25, 0.3) is 11.8 Å². The molecule has 28 heavy (non-hydrogen) atoms. The Morgan fingerprint density at radius 1 is 1.29 bits per heavy atom. The molecular formula is C19H23Cl3N6. The maximum Gasteiger partial charge on any atom is 0.216 e. The Morgan fingerprint density at radius 2 is 2.04 bits per heavy atom. The molecule has 2 rings (SSSR count). The number of nitrogens with two attached hydrogens (primary N) is 2. The number of benzene rings is 1. The number of alkyl halides is 3. The zero-order valence-corrected chi connectivity index (χ0v) is 17.9. The number of guanidine groups is 1. The van der Waals surface area contributed by atoms with Crippen molar-refractivity contribution in [3.05, 3.63) is 53.2 Å². The van der Waals surface area contributed by atoms with Gasteiger partial charge in [-0.05, 0) is 42.7 Å². The molecule has 150 valence electrons. The Balaban J connectivity index is 2.44. The molecule has 0 saturated heterocycles. The summed E-state index contributed by atoms with van der Waals surface area (Å²) in [5.74, 6) is 0.885.